The molecule has 0 saturated carbocycles. The quantitative estimate of drug-likeness (QED) is 0.315. The molecular weight excluding hydrogens is 444 g/mol. The van der Waals surface area contributed by atoms with Crippen molar-refractivity contribution < 1.29 is 9.59 Å². The molecule has 3 aromatic carbocycles. The number of benzene rings is 3. The molecule has 1 amide bonds. The molecule has 5 rings (SSSR count). The third-order valence-electron chi connectivity index (χ3n) is 5.70. The van der Waals surface area contributed by atoms with Gasteiger partial charge >= 0.3 is 0 Å². The van der Waals surface area contributed by atoms with Crippen LogP contribution in [0.1, 0.15) is 21.6 Å². The largest absolute Gasteiger partial charge is 0.325 e. The highest BCUT2D eigenvalue weighted by Gasteiger charge is 2.35. The summed E-state index contributed by atoms with van der Waals surface area (Å²) in [5.74, 6) is -2.25. The number of anilines is 1. The molecule has 0 bridgehead atoms. The van der Waals surface area contributed by atoms with Gasteiger partial charge in [0.05, 0.1) is 17.5 Å². The lowest BCUT2D eigenvalue weighted by molar-refractivity contribution is -0.117. The molecule has 34 heavy (non-hydrogen) atoms. The number of nitrogens with one attached hydrogen (secondary N) is 1. The maximum Gasteiger partial charge on any atom is 0.249 e. The number of aryl methyl sites for hydroxylation is 1. The number of amides is 1. The number of hydrogen-bond donors (Lipinski definition) is 1. The standard InChI is InChI=1S/C27H20N4O2S/c1-17-11-13-19(14-12-17)31-25-20-9-5-6-10-23(20)34-16-22(25)24(30-31)26(32)21(15-28)27(33)29-18-7-3-2-4-8-18/h2-14,21H,16H2,1H3,(H,29,33). The second kappa shape index (κ2) is 9.00. The molecule has 7 heteroatoms. The minimum atomic E-state index is -1.51. The van der Waals surface area contributed by atoms with E-state index in [0.29, 0.717) is 11.4 Å². The summed E-state index contributed by atoms with van der Waals surface area (Å²) in [5.41, 5.74) is 5.14. The number of Topliss-reactive ketones (excluding diaryl/α,β-unsaturated/α-hetero) is 1. The zero-order valence-corrected chi connectivity index (χ0v) is 19.2. The number of aromatic nitrogens is 2. The fourth-order valence-corrected chi connectivity index (χ4v) is 5.05. The second-order valence-corrected chi connectivity index (χ2v) is 9.01. The Morgan fingerprint density at radius 1 is 1.03 bits per heavy atom. The van der Waals surface area contributed by atoms with Crippen molar-refractivity contribution in [3.63, 3.8) is 0 Å². The van der Waals surface area contributed by atoms with Crippen LogP contribution in [0.15, 0.2) is 83.8 Å². The molecule has 0 saturated heterocycles. The van der Waals surface area contributed by atoms with E-state index >= 15 is 0 Å². The van der Waals surface area contributed by atoms with Gasteiger partial charge in [0.15, 0.2) is 5.92 Å². The number of hydrogen-bond acceptors (Lipinski definition) is 5. The van der Waals surface area contributed by atoms with Crippen molar-refractivity contribution in [3.8, 4) is 23.0 Å². The van der Waals surface area contributed by atoms with E-state index in [9.17, 15) is 14.9 Å². The lowest BCUT2D eigenvalue weighted by atomic mass is 9.97. The highest BCUT2D eigenvalue weighted by atomic mass is 32.2. The third kappa shape index (κ3) is 3.89. The molecule has 2 heterocycles. The summed E-state index contributed by atoms with van der Waals surface area (Å²) in [7, 11) is 0. The predicted octanol–water partition coefficient (Wildman–Crippen LogP) is 5.41. The Labute approximate surface area is 201 Å². The number of nitriles is 1. The number of nitrogens with zero attached hydrogens (tertiary/aromatic N) is 3. The van der Waals surface area contributed by atoms with Gasteiger partial charge in [-0.1, -0.05) is 54.1 Å². The summed E-state index contributed by atoms with van der Waals surface area (Å²) < 4.78 is 1.75. The zero-order chi connectivity index (χ0) is 23.7. The molecule has 0 radical (unpaired) electrons. The number of rotatable bonds is 5. The van der Waals surface area contributed by atoms with Crippen molar-refractivity contribution in [2.24, 2.45) is 5.92 Å². The van der Waals surface area contributed by atoms with Crippen molar-refractivity contribution in [3.05, 3.63) is 95.7 Å². The van der Waals surface area contributed by atoms with Crippen LogP contribution in [0.4, 0.5) is 5.69 Å². The van der Waals surface area contributed by atoms with E-state index in [0.717, 1.165) is 33.0 Å². The van der Waals surface area contributed by atoms with Crippen molar-refractivity contribution in [2.75, 3.05) is 5.32 Å². The van der Waals surface area contributed by atoms with Crippen molar-refractivity contribution in [1.82, 2.24) is 9.78 Å². The normalized spacial score (nSPS) is 12.7. The Hall–Kier alpha value is -4.15. The summed E-state index contributed by atoms with van der Waals surface area (Å²) in [4.78, 5) is 27.5. The minimum absolute atomic E-state index is 0.160. The minimum Gasteiger partial charge on any atom is -0.325 e. The average Bonchev–Trinajstić information content (AvgIpc) is 3.26. The molecule has 1 N–H and O–H groups in total. The molecule has 1 aliphatic heterocycles. The van der Waals surface area contributed by atoms with E-state index in [1.54, 1.807) is 40.7 Å². The molecule has 0 fully saturated rings. The summed E-state index contributed by atoms with van der Waals surface area (Å²) in [5, 5.41) is 17.1. The van der Waals surface area contributed by atoms with Crippen molar-refractivity contribution in [2.45, 2.75) is 17.6 Å². The van der Waals surface area contributed by atoms with Gasteiger partial charge in [-0.05, 0) is 37.3 Å². The first kappa shape index (κ1) is 21.7. The van der Waals surface area contributed by atoms with Gasteiger partial charge in [0, 0.05) is 27.5 Å². The number of thioether (sulfide) groups is 1. The second-order valence-electron chi connectivity index (χ2n) is 7.99. The van der Waals surface area contributed by atoms with Gasteiger partial charge in [0.2, 0.25) is 11.7 Å². The molecule has 1 aromatic heterocycles. The first-order valence-corrected chi connectivity index (χ1v) is 11.8. The Balaban J connectivity index is 1.59. The van der Waals surface area contributed by atoms with Gasteiger partial charge in [-0.3, -0.25) is 9.59 Å². The van der Waals surface area contributed by atoms with Crippen LogP contribution in [-0.4, -0.2) is 21.5 Å². The summed E-state index contributed by atoms with van der Waals surface area (Å²) in [6.45, 7) is 2.01. The van der Waals surface area contributed by atoms with Gasteiger partial charge < -0.3 is 5.32 Å². The van der Waals surface area contributed by atoms with Gasteiger partial charge in [-0.15, -0.1) is 11.8 Å². The molecule has 166 valence electrons. The molecule has 0 spiro atoms. The van der Waals surface area contributed by atoms with Gasteiger partial charge in [-0.25, -0.2) is 4.68 Å². The first-order valence-electron chi connectivity index (χ1n) is 10.8. The molecule has 0 aliphatic carbocycles. The SMILES string of the molecule is Cc1ccc(-n2nc(C(=O)C(C#N)C(=O)Nc3ccccc3)c3c2-c2ccccc2SC3)cc1. The third-order valence-corrected chi connectivity index (χ3v) is 6.80. The molecule has 1 atom stereocenters. The number of para-hydroxylation sites is 1. The van der Waals surface area contributed by atoms with Crippen LogP contribution >= 0.6 is 11.8 Å². The van der Waals surface area contributed by atoms with Gasteiger partial charge in [0.25, 0.3) is 0 Å². The smallest absolute Gasteiger partial charge is 0.249 e. The highest BCUT2D eigenvalue weighted by molar-refractivity contribution is 7.98. The monoisotopic (exact) mass is 464 g/mol. The average molecular weight is 465 g/mol. The Kier molecular flexibility index (Phi) is 5.74. The highest BCUT2D eigenvalue weighted by Crippen LogP contribution is 2.44. The lowest BCUT2D eigenvalue weighted by Gasteiger charge is -2.18. The maximum atomic E-state index is 13.5. The number of fused-ring (bicyclic) bond motifs is 3. The van der Waals surface area contributed by atoms with Crippen LogP contribution in [0.3, 0.4) is 0 Å². The number of ketones is 1. The fourth-order valence-electron chi connectivity index (χ4n) is 3.98. The van der Waals surface area contributed by atoms with Crippen LogP contribution < -0.4 is 5.32 Å². The van der Waals surface area contributed by atoms with Gasteiger partial charge in [-0.2, -0.15) is 10.4 Å². The Morgan fingerprint density at radius 3 is 2.47 bits per heavy atom. The summed E-state index contributed by atoms with van der Waals surface area (Å²) >= 11 is 1.62. The topological polar surface area (TPSA) is 87.8 Å². The van der Waals surface area contributed by atoms with Crippen LogP contribution in [0, 0.1) is 24.2 Å². The molecular formula is C27H20N4O2S. The van der Waals surface area contributed by atoms with E-state index < -0.39 is 17.6 Å². The summed E-state index contributed by atoms with van der Waals surface area (Å²) in [6, 6.07) is 26.5. The zero-order valence-electron chi connectivity index (χ0n) is 18.4. The van der Waals surface area contributed by atoms with Crippen LogP contribution in [-0.2, 0) is 10.5 Å². The Bertz CT molecular complexity index is 1440. The van der Waals surface area contributed by atoms with E-state index in [1.165, 1.54) is 0 Å². The summed E-state index contributed by atoms with van der Waals surface area (Å²) in [6.07, 6.45) is 0. The van der Waals surface area contributed by atoms with Crippen LogP contribution in [0.2, 0.25) is 0 Å². The van der Waals surface area contributed by atoms with E-state index in [-0.39, 0.29) is 5.69 Å². The fraction of sp³-hybridized carbons (Fsp3) is 0.111. The van der Waals surface area contributed by atoms with Gasteiger partial charge in [0.1, 0.15) is 5.69 Å². The lowest BCUT2D eigenvalue weighted by Crippen LogP contribution is -2.29. The Morgan fingerprint density at radius 2 is 1.74 bits per heavy atom. The molecule has 6 nitrogen and oxygen atoms in total. The van der Waals surface area contributed by atoms with E-state index in [4.69, 9.17) is 0 Å². The van der Waals surface area contributed by atoms with E-state index in [2.05, 4.69) is 10.4 Å². The molecule has 1 unspecified atom stereocenters. The van der Waals surface area contributed by atoms with Crippen LogP contribution in [0.25, 0.3) is 16.9 Å². The van der Waals surface area contributed by atoms with Crippen LogP contribution in [0.5, 0.6) is 0 Å². The molecule has 4 aromatic rings. The number of carbonyl (C=O) groups excluding carboxylic acids is 2. The van der Waals surface area contributed by atoms with E-state index in [1.807, 2.05) is 67.6 Å². The van der Waals surface area contributed by atoms with Crippen molar-refractivity contribution in [1.29, 1.82) is 5.26 Å². The van der Waals surface area contributed by atoms with Crippen molar-refractivity contribution >= 4 is 29.1 Å². The predicted molar refractivity (Wildman–Crippen MR) is 132 cm³/mol. The number of carbonyl (C=O) groups is 2. The molecule has 1 aliphatic rings. The first-order chi connectivity index (χ1) is 16.6. The maximum absolute atomic E-state index is 13.5.